The van der Waals surface area contributed by atoms with Crippen LogP contribution in [0.5, 0.6) is 0 Å². The van der Waals surface area contributed by atoms with Crippen molar-refractivity contribution in [1.82, 2.24) is 24.8 Å². The van der Waals surface area contributed by atoms with Crippen molar-refractivity contribution in [1.29, 1.82) is 0 Å². The van der Waals surface area contributed by atoms with Gasteiger partial charge in [-0.05, 0) is 17.7 Å². The van der Waals surface area contributed by atoms with E-state index in [1.165, 1.54) is 16.9 Å². The monoisotopic (exact) mass is 288 g/mol. The molecule has 0 atom stereocenters. The van der Waals surface area contributed by atoms with Gasteiger partial charge in [0, 0.05) is 19.2 Å². The van der Waals surface area contributed by atoms with E-state index in [1.54, 1.807) is 19.2 Å². The second kappa shape index (κ2) is 5.06. The van der Waals surface area contributed by atoms with Gasteiger partial charge in [0.05, 0.1) is 12.7 Å². The third-order valence-corrected chi connectivity index (χ3v) is 3.29. The number of aryl methyl sites for hydroxylation is 1. The molecular weight excluding hydrogens is 275 g/mol. The van der Waals surface area contributed by atoms with Crippen LogP contribution in [0, 0.1) is 5.82 Å². The van der Waals surface area contributed by atoms with Crippen molar-refractivity contribution < 1.29 is 4.39 Å². The highest BCUT2D eigenvalue weighted by Crippen LogP contribution is 2.11. The Bertz CT molecular complexity index is 869. The van der Waals surface area contributed by atoms with Crippen molar-refractivity contribution in [3.05, 3.63) is 51.7 Å². The standard InChI is InChI=1S/C13H13FN6O/c1-19-12-10(6-16-19)13(21)20(18-17-12)7-9-4-8(5-15)2-3-11(9)14/h2-4,6H,5,7,15H2,1H3. The van der Waals surface area contributed by atoms with Crippen molar-refractivity contribution in [2.75, 3.05) is 0 Å². The first kappa shape index (κ1) is 13.4. The minimum atomic E-state index is -0.410. The number of nitrogens with zero attached hydrogens (tertiary/aromatic N) is 5. The van der Waals surface area contributed by atoms with Crippen LogP contribution in [0.1, 0.15) is 11.1 Å². The summed E-state index contributed by atoms with van der Waals surface area (Å²) < 4.78 is 16.4. The van der Waals surface area contributed by atoms with Crippen LogP contribution in [0.2, 0.25) is 0 Å². The van der Waals surface area contributed by atoms with Crippen LogP contribution < -0.4 is 11.3 Å². The Balaban J connectivity index is 2.06. The van der Waals surface area contributed by atoms with E-state index in [0.717, 1.165) is 10.2 Å². The van der Waals surface area contributed by atoms with Gasteiger partial charge in [-0.2, -0.15) is 5.10 Å². The van der Waals surface area contributed by atoms with E-state index < -0.39 is 5.82 Å². The fourth-order valence-electron chi connectivity index (χ4n) is 2.12. The van der Waals surface area contributed by atoms with Gasteiger partial charge in [0.1, 0.15) is 11.2 Å². The number of aromatic nitrogens is 5. The molecule has 0 fully saturated rings. The van der Waals surface area contributed by atoms with Crippen LogP contribution >= 0.6 is 0 Å². The Hall–Kier alpha value is -2.61. The Labute approximate surface area is 118 Å². The average Bonchev–Trinajstić information content (AvgIpc) is 2.86. The van der Waals surface area contributed by atoms with E-state index >= 15 is 0 Å². The van der Waals surface area contributed by atoms with Crippen molar-refractivity contribution in [3.8, 4) is 0 Å². The highest BCUT2D eigenvalue weighted by molar-refractivity contribution is 5.72. The van der Waals surface area contributed by atoms with Gasteiger partial charge in [0.2, 0.25) is 0 Å². The van der Waals surface area contributed by atoms with Crippen LogP contribution in [0.3, 0.4) is 0 Å². The van der Waals surface area contributed by atoms with E-state index in [9.17, 15) is 9.18 Å². The van der Waals surface area contributed by atoms with Gasteiger partial charge in [-0.25, -0.2) is 13.8 Å². The molecule has 0 saturated carbocycles. The Morgan fingerprint density at radius 2 is 2.19 bits per heavy atom. The van der Waals surface area contributed by atoms with E-state index in [0.29, 0.717) is 23.1 Å². The van der Waals surface area contributed by atoms with E-state index in [4.69, 9.17) is 5.73 Å². The first-order chi connectivity index (χ1) is 10.1. The topological polar surface area (TPSA) is 91.6 Å². The lowest BCUT2D eigenvalue weighted by atomic mass is 10.1. The highest BCUT2D eigenvalue weighted by Gasteiger charge is 2.11. The number of hydrogen-bond donors (Lipinski definition) is 1. The van der Waals surface area contributed by atoms with Crippen LogP contribution in [-0.2, 0) is 20.1 Å². The number of hydrogen-bond acceptors (Lipinski definition) is 5. The number of benzene rings is 1. The molecule has 0 unspecified atom stereocenters. The summed E-state index contributed by atoms with van der Waals surface area (Å²) in [5.41, 5.74) is 6.71. The van der Waals surface area contributed by atoms with Crippen LogP contribution in [0.15, 0.2) is 29.2 Å². The third-order valence-electron chi connectivity index (χ3n) is 3.29. The molecule has 0 spiro atoms. The lowest BCUT2D eigenvalue weighted by molar-refractivity contribution is 0.554. The summed E-state index contributed by atoms with van der Waals surface area (Å²) in [6.07, 6.45) is 1.43. The molecule has 2 N–H and O–H groups in total. The van der Waals surface area contributed by atoms with Crippen molar-refractivity contribution in [2.24, 2.45) is 12.8 Å². The summed E-state index contributed by atoms with van der Waals surface area (Å²) in [6.45, 7) is 0.297. The molecule has 3 aromatic rings. The fraction of sp³-hybridized carbons (Fsp3) is 0.231. The maximum absolute atomic E-state index is 13.8. The van der Waals surface area contributed by atoms with Crippen molar-refractivity contribution in [2.45, 2.75) is 13.1 Å². The quantitative estimate of drug-likeness (QED) is 0.742. The van der Waals surface area contributed by atoms with Gasteiger partial charge in [-0.3, -0.25) is 4.79 Å². The summed E-state index contributed by atoms with van der Waals surface area (Å²) in [6, 6.07) is 4.56. The normalized spacial score (nSPS) is 11.2. The lowest BCUT2D eigenvalue weighted by Gasteiger charge is -2.07. The van der Waals surface area contributed by atoms with Gasteiger partial charge < -0.3 is 5.73 Å². The SMILES string of the molecule is Cn1ncc2c(=O)n(Cc3cc(CN)ccc3F)nnc21. The molecule has 3 rings (SSSR count). The largest absolute Gasteiger partial charge is 0.326 e. The van der Waals surface area contributed by atoms with Crippen molar-refractivity contribution >= 4 is 11.0 Å². The zero-order chi connectivity index (χ0) is 15.0. The Morgan fingerprint density at radius 1 is 1.38 bits per heavy atom. The van der Waals surface area contributed by atoms with Gasteiger partial charge in [0.15, 0.2) is 5.65 Å². The minimum absolute atomic E-state index is 0.00363. The summed E-state index contributed by atoms with van der Waals surface area (Å²) in [4.78, 5) is 12.3. The zero-order valence-corrected chi connectivity index (χ0v) is 11.3. The number of rotatable bonds is 3. The molecule has 0 saturated heterocycles. The highest BCUT2D eigenvalue weighted by atomic mass is 19.1. The third kappa shape index (κ3) is 2.29. The minimum Gasteiger partial charge on any atom is -0.326 e. The van der Waals surface area contributed by atoms with E-state index in [1.807, 2.05) is 0 Å². The van der Waals surface area contributed by atoms with Crippen LogP contribution in [-0.4, -0.2) is 24.8 Å². The molecule has 2 heterocycles. The number of nitrogens with two attached hydrogens (primary N) is 1. The first-order valence-electron chi connectivity index (χ1n) is 6.33. The molecule has 1 aromatic carbocycles. The van der Waals surface area contributed by atoms with Gasteiger partial charge in [0.25, 0.3) is 5.56 Å². The predicted octanol–water partition coefficient (Wildman–Crippen LogP) is 0.171. The predicted molar refractivity (Wildman–Crippen MR) is 74.0 cm³/mol. The molecule has 0 aliphatic heterocycles. The fourth-order valence-corrected chi connectivity index (χ4v) is 2.12. The summed E-state index contributed by atoms with van der Waals surface area (Å²) in [5.74, 6) is -0.410. The Morgan fingerprint density at radius 3 is 2.95 bits per heavy atom. The molecule has 0 amide bonds. The maximum Gasteiger partial charge on any atom is 0.281 e. The van der Waals surface area contributed by atoms with Crippen LogP contribution in [0.25, 0.3) is 11.0 Å². The van der Waals surface area contributed by atoms with E-state index in [2.05, 4.69) is 15.4 Å². The zero-order valence-electron chi connectivity index (χ0n) is 11.3. The van der Waals surface area contributed by atoms with Gasteiger partial charge >= 0.3 is 0 Å². The Kier molecular flexibility index (Phi) is 3.22. The molecule has 8 heteroatoms. The summed E-state index contributed by atoms with van der Waals surface area (Å²) >= 11 is 0. The van der Waals surface area contributed by atoms with Crippen molar-refractivity contribution in [3.63, 3.8) is 0 Å². The smallest absolute Gasteiger partial charge is 0.281 e. The molecule has 108 valence electrons. The average molecular weight is 288 g/mol. The molecule has 7 nitrogen and oxygen atoms in total. The van der Waals surface area contributed by atoms with Crippen LogP contribution in [0.4, 0.5) is 4.39 Å². The van der Waals surface area contributed by atoms with Gasteiger partial charge in [-0.1, -0.05) is 11.3 Å². The summed E-state index contributed by atoms with van der Waals surface area (Å²) in [7, 11) is 1.67. The molecule has 0 radical (unpaired) electrons. The molecule has 0 bridgehead atoms. The first-order valence-corrected chi connectivity index (χ1v) is 6.33. The lowest BCUT2D eigenvalue weighted by Crippen LogP contribution is -2.25. The maximum atomic E-state index is 13.8. The second-order valence-corrected chi connectivity index (χ2v) is 4.69. The molecular formula is C13H13FN6O. The van der Waals surface area contributed by atoms with Gasteiger partial charge in [-0.15, -0.1) is 5.10 Å². The summed E-state index contributed by atoms with van der Waals surface area (Å²) in [5, 5.41) is 12.1. The number of halogens is 1. The molecule has 0 aliphatic rings. The molecule has 2 aromatic heterocycles. The molecule has 0 aliphatic carbocycles. The van der Waals surface area contributed by atoms with E-state index in [-0.39, 0.29) is 12.1 Å². The number of fused-ring (bicyclic) bond motifs is 1. The molecule has 21 heavy (non-hydrogen) atoms. The second-order valence-electron chi connectivity index (χ2n) is 4.69.